The molecule has 0 fully saturated rings. The van der Waals surface area contributed by atoms with Crippen molar-refractivity contribution in [3.8, 4) is 5.69 Å². The number of nitrogens with zero attached hydrogens (tertiary/aromatic N) is 4. The van der Waals surface area contributed by atoms with Gasteiger partial charge in [-0.15, -0.1) is 0 Å². The van der Waals surface area contributed by atoms with E-state index in [4.69, 9.17) is 0 Å². The maximum absolute atomic E-state index is 12.7. The van der Waals surface area contributed by atoms with Gasteiger partial charge in [-0.1, -0.05) is 6.07 Å². The number of amides is 1. The zero-order valence-electron chi connectivity index (χ0n) is 14.4. The summed E-state index contributed by atoms with van der Waals surface area (Å²) in [5.41, 5.74) is 2.02. The molecule has 0 aliphatic carbocycles. The van der Waals surface area contributed by atoms with Crippen LogP contribution in [0, 0.1) is 10.1 Å². The molecule has 2 aromatic carbocycles. The molecule has 0 unspecified atom stereocenters. The third-order valence-corrected chi connectivity index (χ3v) is 4.39. The Morgan fingerprint density at radius 2 is 2.04 bits per heavy atom. The second-order valence-corrected chi connectivity index (χ2v) is 6.05. The molecule has 2 heterocycles. The van der Waals surface area contributed by atoms with Gasteiger partial charge in [0.05, 0.1) is 16.9 Å². The van der Waals surface area contributed by atoms with Crippen LogP contribution in [0.4, 0.5) is 11.4 Å². The van der Waals surface area contributed by atoms with E-state index in [9.17, 15) is 14.9 Å². The fourth-order valence-corrected chi connectivity index (χ4v) is 3.04. The smallest absolute Gasteiger partial charge is 0.294 e. The van der Waals surface area contributed by atoms with Gasteiger partial charge in [0.2, 0.25) is 0 Å². The van der Waals surface area contributed by atoms with Crippen molar-refractivity contribution in [1.29, 1.82) is 0 Å². The van der Waals surface area contributed by atoms with Gasteiger partial charge in [-0.2, -0.15) is 0 Å². The molecule has 0 aliphatic heterocycles. The van der Waals surface area contributed by atoms with E-state index < -0.39 is 10.8 Å². The predicted octanol–water partition coefficient (Wildman–Crippen LogP) is 3.52. The van der Waals surface area contributed by atoms with Gasteiger partial charge in [0.15, 0.2) is 0 Å². The van der Waals surface area contributed by atoms with Crippen molar-refractivity contribution in [1.82, 2.24) is 14.1 Å². The second-order valence-electron chi connectivity index (χ2n) is 6.05. The summed E-state index contributed by atoms with van der Waals surface area (Å²) in [5, 5.41) is 15.2. The Bertz CT molecular complexity index is 1160. The third-order valence-electron chi connectivity index (χ3n) is 4.39. The van der Waals surface area contributed by atoms with Crippen molar-refractivity contribution in [2.24, 2.45) is 7.05 Å². The number of rotatable bonds is 4. The van der Waals surface area contributed by atoms with E-state index in [-0.39, 0.29) is 11.3 Å². The van der Waals surface area contributed by atoms with Crippen LogP contribution in [0.15, 0.2) is 67.4 Å². The Morgan fingerprint density at radius 1 is 1.19 bits per heavy atom. The van der Waals surface area contributed by atoms with Gasteiger partial charge in [-0.25, -0.2) is 4.98 Å². The molecule has 4 rings (SSSR count). The predicted molar refractivity (Wildman–Crippen MR) is 101 cm³/mol. The van der Waals surface area contributed by atoms with E-state index >= 15 is 0 Å². The highest BCUT2D eigenvalue weighted by molar-refractivity contribution is 6.09. The van der Waals surface area contributed by atoms with Crippen LogP contribution in [-0.2, 0) is 7.05 Å². The number of imidazole rings is 1. The molecule has 8 heteroatoms. The summed E-state index contributed by atoms with van der Waals surface area (Å²) < 4.78 is 3.49. The van der Waals surface area contributed by atoms with Gasteiger partial charge in [0.25, 0.3) is 11.6 Å². The van der Waals surface area contributed by atoms with Crippen molar-refractivity contribution in [2.75, 3.05) is 5.32 Å². The molecule has 0 bridgehead atoms. The van der Waals surface area contributed by atoms with Crippen molar-refractivity contribution >= 4 is 28.2 Å². The minimum Gasteiger partial charge on any atom is -0.350 e. The topological polar surface area (TPSA) is 95.0 Å². The first kappa shape index (κ1) is 16.5. The van der Waals surface area contributed by atoms with Gasteiger partial charge < -0.3 is 14.5 Å². The molecular formula is C19H15N5O3. The van der Waals surface area contributed by atoms with Gasteiger partial charge in [-0.05, 0) is 30.3 Å². The van der Waals surface area contributed by atoms with Crippen LogP contribution in [0.2, 0.25) is 0 Å². The summed E-state index contributed by atoms with van der Waals surface area (Å²) in [6.45, 7) is 0. The average molecular weight is 361 g/mol. The number of benzene rings is 2. The van der Waals surface area contributed by atoms with Crippen LogP contribution in [0.5, 0.6) is 0 Å². The molecule has 0 spiro atoms. The lowest BCUT2D eigenvalue weighted by Crippen LogP contribution is -2.13. The lowest BCUT2D eigenvalue weighted by Gasteiger charge is -2.09. The number of nitro groups is 1. The summed E-state index contributed by atoms with van der Waals surface area (Å²) >= 11 is 0. The molecule has 0 aliphatic rings. The van der Waals surface area contributed by atoms with E-state index in [1.54, 1.807) is 18.3 Å². The summed E-state index contributed by atoms with van der Waals surface area (Å²) in [7, 11) is 1.92. The summed E-state index contributed by atoms with van der Waals surface area (Å²) in [4.78, 5) is 27.5. The molecule has 0 atom stereocenters. The van der Waals surface area contributed by atoms with Crippen LogP contribution in [0.25, 0.3) is 16.6 Å². The maximum Gasteiger partial charge on any atom is 0.294 e. The molecule has 1 amide bonds. The number of anilines is 1. The molecule has 4 aromatic rings. The Labute approximate surface area is 153 Å². The van der Waals surface area contributed by atoms with Crippen LogP contribution in [0.3, 0.4) is 0 Å². The molecule has 8 nitrogen and oxygen atoms in total. The normalized spacial score (nSPS) is 10.9. The lowest BCUT2D eigenvalue weighted by atomic mass is 10.1. The molecule has 27 heavy (non-hydrogen) atoms. The number of hydrogen-bond donors (Lipinski definition) is 1. The summed E-state index contributed by atoms with van der Waals surface area (Å²) in [5.74, 6) is -0.411. The van der Waals surface area contributed by atoms with Crippen molar-refractivity contribution in [2.45, 2.75) is 0 Å². The first-order valence-electron chi connectivity index (χ1n) is 8.17. The minimum absolute atomic E-state index is 0.168. The Kier molecular flexibility index (Phi) is 3.92. The number of aryl methyl sites for hydroxylation is 1. The molecule has 134 valence electrons. The molecular weight excluding hydrogens is 346 g/mol. The maximum atomic E-state index is 12.7. The van der Waals surface area contributed by atoms with Gasteiger partial charge in [0, 0.05) is 48.2 Å². The fraction of sp³-hybridized carbons (Fsp3) is 0.0526. The third kappa shape index (κ3) is 2.93. The van der Waals surface area contributed by atoms with E-state index in [0.717, 1.165) is 10.9 Å². The van der Waals surface area contributed by atoms with Crippen LogP contribution in [-0.4, -0.2) is 24.9 Å². The van der Waals surface area contributed by atoms with Crippen LogP contribution < -0.4 is 5.32 Å². The van der Waals surface area contributed by atoms with E-state index in [0.29, 0.717) is 11.4 Å². The van der Waals surface area contributed by atoms with Gasteiger partial charge >= 0.3 is 0 Å². The van der Waals surface area contributed by atoms with Crippen molar-refractivity contribution in [3.63, 3.8) is 0 Å². The largest absolute Gasteiger partial charge is 0.350 e. The van der Waals surface area contributed by atoms with Gasteiger partial charge in [0.1, 0.15) is 5.69 Å². The lowest BCUT2D eigenvalue weighted by molar-refractivity contribution is -0.384. The van der Waals surface area contributed by atoms with Crippen LogP contribution in [0.1, 0.15) is 10.4 Å². The fourth-order valence-electron chi connectivity index (χ4n) is 3.04. The highest BCUT2D eigenvalue weighted by atomic mass is 16.6. The number of hydrogen-bond acceptors (Lipinski definition) is 4. The van der Waals surface area contributed by atoms with E-state index in [2.05, 4.69) is 10.3 Å². The van der Waals surface area contributed by atoms with Crippen LogP contribution >= 0.6 is 0 Å². The molecule has 0 saturated heterocycles. The highest BCUT2D eigenvalue weighted by Crippen LogP contribution is 2.27. The number of aromatic nitrogens is 3. The second kappa shape index (κ2) is 6.41. The number of carbonyl (C=O) groups excluding carboxylic acids is 1. The molecule has 0 radical (unpaired) electrons. The standard InChI is InChI=1S/C19H15N5O3/c1-22-9-7-14-15(3-2-4-16(14)22)21-19(25)13-5-6-17(18(11-13)24(26)27)23-10-8-20-12-23/h2-12H,1H3,(H,21,25). The summed E-state index contributed by atoms with van der Waals surface area (Å²) in [6, 6.07) is 11.9. The number of carbonyl (C=O) groups is 1. The SMILES string of the molecule is Cn1ccc2c(NC(=O)c3ccc(-n4ccnc4)c([N+](=O)[O-])c3)cccc21. The molecule has 1 N–H and O–H groups in total. The first-order valence-corrected chi connectivity index (χ1v) is 8.17. The Balaban J connectivity index is 1.69. The first-order chi connectivity index (χ1) is 13.0. The quantitative estimate of drug-likeness (QED) is 0.444. The Hall–Kier alpha value is -3.94. The average Bonchev–Trinajstić information content (AvgIpc) is 3.32. The van der Waals surface area contributed by atoms with Crippen molar-refractivity contribution < 1.29 is 9.72 Å². The summed E-state index contributed by atoms with van der Waals surface area (Å²) in [6.07, 6.45) is 6.52. The number of fused-ring (bicyclic) bond motifs is 1. The minimum atomic E-state index is -0.510. The zero-order valence-corrected chi connectivity index (χ0v) is 14.4. The van der Waals surface area contributed by atoms with Crippen molar-refractivity contribution in [3.05, 3.63) is 83.1 Å². The molecule has 0 saturated carbocycles. The highest BCUT2D eigenvalue weighted by Gasteiger charge is 2.19. The van der Waals surface area contributed by atoms with E-state index in [1.165, 1.54) is 29.2 Å². The molecule has 2 aromatic heterocycles. The Morgan fingerprint density at radius 3 is 2.78 bits per heavy atom. The zero-order chi connectivity index (χ0) is 19.0. The van der Waals surface area contributed by atoms with Gasteiger partial charge in [-0.3, -0.25) is 14.9 Å². The van der Waals surface area contributed by atoms with E-state index in [1.807, 2.05) is 36.0 Å². The number of nitro benzene ring substituents is 1. The monoisotopic (exact) mass is 361 g/mol. The number of nitrogens with one attached hydrogen (secondary N) is 1.